The van der Waals surface area contributed by atoms with E-state index < -0.39 is 6.10 Å². The zero-order chi connectivity index (χ0) is 14.5. The molecule has 5 heteroatoms. The summed E-state index contributed by atoms with van der Waals surface area (Å²) in [6, 6.07) is 7.19. The van der Waals surface area contributed by atoms with Crippen LogP contribution in [0.15, 0.2) is 36.4 Å². The predicted molar refractivity (Wildman–Crippen MR) is 75.1 cm³/mol. The lowest BCUT2D eigenvalue weighted by Crippen LogP contribution is -2.27. The summed E-state index contributed by atoms with van der Waals surface area (Å²) in [4.78, 5) is 11.4. The molecule has 0 aromatic heterocycles. The van der Waals surface area contributed by atoms with Gasteiger partial charge in [0.25, 0.3) is 0 Å². The summed E-state index contributed by atoms with van der Waals surface area (Å²) in [6.07, 6.45) is 2.65. The first-order valence-corrected chi connectivity index (χ1v) is 6.60. The van der Waals surface area contributed by atoms with Crippen molar-refractivity contribution < 1.29 is 19.7 Å². The van der Waals surface area contributed by atoms with Gasteiger partial charge in [0.15, 0.2) is 0 Å². The molecule has 20 heavy (non-hydrogen) atoms. The fourth-order valence-corrected chi connectivity index (χ4v) is 2.08. The van der Waals surface area contributed by atoms with Crippen LogP contribution in [-0.2, 0) is 16.1 Å². The molecule has 0 bridgehead atoms. The van der Waals surface area contributed by atoms with Gasteiger partial charge >= 0.3 is 5.97 Å². The topological polar surface area (TPSA) is 78.8 Å². The maximum absolute atomic E-state index is 11.4. The maximum Gasteiger partial charge on any atom is 0.308 e. The molecular formula is C15H19NO4. The molecule has 0 radical (unpaired) electrons. The minimum atomic E-state index is -0.571. The van der Waals surface area contributed by atoms with Crippen LogP contribution in [0.25, 0.3) is 0 Å². The van der Waals surface area contributed by atoms with E-state index in [2.05, 4.69) is 5.32 Å². The van der Waals surface area contributed by atoms with Crippen LogP contribution >= 0.6 is 0 Å². The van der Waals surface area contributed by atoms with Crippen LogP contribution < -0.4 is 5.32 Å². The molecule has 0 saturated carbocycles. The largest absolute Gasteiger partial charge is 0.456 e. The van der Waals surface area contributed by atoms with Crippen molar-refractivity contribution in [2.75, 3.05) is 5.32 Å². The normalized spacial score (nSPS) is 23.9. The Bertz CT molecular complexity index is 481. The predicted octanol–water partition coefficient (Wildman–Crippen LogP) is 1.21. The lowest BCUT2D eigenvalue weighted by Gasteiger charge is -2.17. The number of anilines is 1. The summed E-state index contributed by atoms with van der Waals surface area (Å²) < 4.78 is 5.20. The van der Waals surface area contributed by atoms with Crippen LogP contribution in [0, 0.1) is 0 Å². The Morgan fingerprint density at radius 1 is 1.45 bits per heavy atom. The van der Waals surface area contributed by atoms with Crippen LogP contribution in [-0.4, -0.2) is 34.4 Å². The molecule has 1 aliphatic rings. The minimum absolute atomic E-state index is 0.00502. The van der Waals surface area contributed by atoms with Gasteiger partial charge in [0, 0.05) is 5.69 Å². The van der Waals surface area contributed by atoms with Gasteiger partial charge in [-0.1, -0.05) is 18.2 Å². The number of aliphatic hydroxyl groups is 2. The molecule has 2 rings (SSSR count). The number of hydrogen-bond donors (Lipinski definition) is 3. The molecule has 1 aromatic carbocycles. The van der Waals surface area contributed by atoms with Gasteiger partial charge in [-0.25, -0.2) is 0 Å². The van der Waals surface area contributed by atoms with E-state index in [-0.39, 0.29) is 31.1 Å². The molecule has 0 amide bonds. The van der Waals surface area contributed by atoms with E-state index in [4.69, 9.17) is 9.84 Å². The summed E-state index contributed by atoms with van der Waals surface area (Å²) in [5.74, 6) is -0.255. The van der Waals surface area contributed by atoms with Crippen LogP contribution in [0.2, 0.25) is 0 Å². The van der Waals surface area contributed by atoms with Crippen molar-refractivity contribution in [3.63, 3.8) is 0 Å². The summed E-state index contributed by atoms with van der Waals surface area (Å²) in [6.45, 7) is 1.65. The quantitative estimate of drug-likeness (QED) is 0.557. The molecule has 1 heterocycles. The van der Waals surface area contributed by atoms with E-state index in [1.54, 1.807) is 19.1 Å². The van der Waals surface area contributed by atoms with Gasteiger partial charge in [-0.3, -0.25) is 4.79 Å². The monoisotopic (exact) mass is 277 g/mol. The highest BCUT2D eigenvalue weighted by molar-refractivity contribution is 5.74. The van der Waals surface area contributed by atoms with Crippen molar-refractivity contribution in [2.45, 2.75) is 38.2 Å². The van der Waals surface area contributed by atoms with Crippen molar-refractivity contribution in [3.8, 4) is 0 Å². The zero-order valence-electron chi connectivity index (χ0n) is 11.3. The second kappa shape index (κ2) is 6.54. The van der Waals surface area contributed by atoms with Crippen molar-refractivity contribution in [1.82, 2.24) is 0 Å². The summed E-state index contributed by atoms with van der Waals surface area (Å²) >= 11 is 0. The molecule has 1 aliphatic heterocycles. The number of ether oxygens (including phenoxy) is 1. The fourth-order valence-electron chi connectivity index (χ4n) is 2.08. The zero-order valence-corrected chi connectivity index (χ0v) is 11.3. The Labute approximate surface area is 117 Å². The number of nitrogens with one attached hydrogen (secondary N) is 1. The highest BCUT2D eigenvalue weighted by Crippen LogP contribution is 2.21. The number of hydrogen-bond acceptors (Lipinski definition) is 5. The van der Waals surface area contributed by atoms with E-state index in [0.29, 0.717) is 0 Å². The van der Waals surface area contributed by atoms with Crippen LogP contribution in [0.1, 0.15) is 18.9 Å². The summed E-state index contributed by atoms with van der Waals surface area (Å²) in [5.41, 5.74) is 1.70. The third kappa shape index (κ3) is 3.82. The van der Waals surface area contributed by atoms with Gasteiger partial charge in [-0.2, -0.15) is 0 Å². The van der Waals surface area contributed by atoms with Crippen LogP contribution in [0.5, 0.6) is 0 Å². The average Bonchev–Trinajstić information content (AvgIpc) is 2.77. The first-order chi connectivity index (χ1) is 9.58. The number of esters is 1. The third-order valence-corrected chi connectivity index (χ3v) is 3.12. The average molecular weight is 277 g/mol. The summed E-state index contributed by atoms with van der Waals surface area (Å²) in [7, 11) is 0. The van der Waals surface area contributed by atoms with E-state index in [1.165, 1.54) is 0 Å². The second-order valence-electron chi connectivity index (χ2n) is 4.89. The molecule has 5 nitrogen and oxygen atoms in total. The summed E-state index contributed by atoms with van der Waals surface area (Å²) in [5, 5.41) is 21.5. The molecular weight excluding hydrogens is 258 g/mol. The molecule has 1 aromatic rings. The van der Waals surface area contributed by atoms with E-state index in [9.17, 15) is 9.90 Å². The minimum Gasteiger partial charge on any atom is -0.456 e. The van der Waals surface area contributed by atoms with Gasteiger partial charge in [0.2, 0.25) is 0 Å². The van der Waals surface area contributed by atoms with Gasteiger partial charge in [-0.15, -0.1) is 0 Å². The SMILES string of the molecule is CC(O)C=CC1OC(=O)CC1Nc1ccc(CO)cc1. The van der Waals surface area contributed by atoms with Gasteiger partial charge < -0.3 is 20.3 Å². The first-order valence-electron chi connectivity index (χ1n) is 6.60. The number of aliphatic hydroxyl groups excluding tert-OH is 2. The van der Waals surface area contributed by atoms with Gasteiger partial charge in [0.05, 0.1) is 25.2 Å². The Hall–Kier alpha value is -1.85. The smallest absolute Gasteiger partial charge is 0.308 e. The molecule has 3 N–H and O–H groups in total. The second-order valence-corrected chi connectivity index (χ2v) is 4.89. The molecule has 0 aliphatic carbocycles. The lowest BCUT2D eigenvalue weighted by molar-refractivity contribution is -0.140. The lowest BCUT2D eigenvalue weighted by atomic mass is 10.1. The third-order valence-electron chi connectivity index (χ3n) is 3.12. The number of cyclic esters (lactones) is 1. The molecule has 0 spiro atoms. The molecule has 3 atom stereocenters. The Morgan fingerprint density at radius 2 is 2.15 bits per heavy atom. The molecule has 1 fully saturated rings. The Kier molecular flexibility index (Phi) is 4.76. The molecule has 3 unspecified atom stereocenters. The molecule has 1 saturated heterocycles. The molecule has 108 valence electrons. The number of carbonyl (C=O) groups is 1. The van der Waals surface area contributed by atoms with Crippen molar-refractivity contribution in [3.05, 3.63) is 42.0 Å². The van der Waals surface area contributed by atoms with E-state index in [1.807, 2.05) is 24.3 Å². The van der Waals surface area contributed by atoms with Crippen molar-refractivity contribution in [1.29, 1.82) is 0 Å². The number of carbonyl (C=O) groups excluding carboxylic acids is 1. The number of benzene rings is 1. The fraction of sp³-hybridized carbons (Fsp3) is 0.400. The van der Waals surface area contributed by atoms with Gasteiger partial charge in [-0.05, 0) is 30.7 Å². The highest BCUT2D eigenvalue weighted by Gasteiger charge is 2.32. The maximum atomic E-state index is 11.4. The highest BCUT2D eigenvalue weighted by atomic mass is 16.6. The van der Waals surface area contributed by atoms with Crippen LogP contribution in [0.3, 0.4) is 0 Å². The van der Waals surface area contributed by atoms with Gasteiger partial charge in [0.1, 0.15) is 6.10 Å². The standard InChI is InChI=1S/C15H19NO4/c1-10(18)2-7-14-13(8-15(19)20-14)16-12-5-3-11(9-17)4-6-12/h2-7,10,13-14,16-18H,8-9H2,1H3. The Morgan fingerprint density at radius 3 is 2.75 bits per heavy atom. The van der Waals surface area contributed by atoms with Crippen molar-refractivity contribution in [2.24, 2.45) is 0 Å². The van der Waals surface area contributed by atoms with Crippen molar-refractivity contribution >= 4 is 11.7 Å². The van der Waals surface area contributed by atoms with E-state index >= 15 is 0 Å². The van der Waals surface area contributed by atoms with E-state index in [0.717, 1.165) is 11.3 Å². The first kappa shape index (κ1) is 14.6. The van der Waals surface area contributed by atoms with Crippen LogP contribution in [0.4, 0.5) is 5.69 Å². The Balaban J connectivity index is 2.03. The number of rotatable bonds is 5.